The van der Waals surface area contributed by atoms with Gasteiger partial charge in [0.1, 0.15) is 12.9 Å². The summed E-state index contributed by atoms with van der Waals surface area (Å²) in [5.74, 6) is 0.966. The molecule has 4 rings (SSSR count). The minimum Gasteiger partial charge on any atom is -0.378 e. The largest absolute Gasteiger partial charge is 0.378 e. The Labute approximate surface area is 140 Å². The average molecular weight is 330 g/mol. The van der Waals surface area contributed by atoms with Crippen LogP contribution in [-0.2, 0) is 16.1 Å². The zero-order valence-electron chi connectivity index (χ0n) is 13.7. The lowest BCUT2D eigenvalue weighted by Crippen LogP contribution is -2.37. The van der Waals surface area contributed by atoms with Gasteiger partial charge in [0, 0.05) is 26.2 Å². The fourth-order valence-corrected chi connectivity index (χ4v) is 3.38. The van der Waals surface area contributed by atoms with Crippen LogP contribution in [0.25, 0.3) is 11.2 Å². The summed E-state index contributed by atoms with van der Waals surface area (Å²) < 4.78 is 7.23. The van der Waals surface area contributed by atoms with Crippen molar-refractivity contribution in [2.24, 2.45) is 0 Å². The van der Waals surface area contributed by atoms with E-state index in [2.05, 4.69) is 19.9 Å². The third kappa shape index (κ3) is 2.93. The molecule has 1 amide bonds. The monoisotopic (exact) mass is 330 g/mol. The predicted octanol–water partition coefficient (Wildman–Crippen LogP) is 0.675. The highest BCUT2D eigenvalue weighted by Gasteiger charge is 2.21. The summed E-state index contributed by atoms with van der Waals surface area (Å²) in [5.41, 5.74) is 1.47. The molecule has 2 saturated heterocycles. The Kier molecular flexibility index (Phi) is 4.29. The van der Waals surface area contributed by atoms with Gasteiger partial charge in [0.25, 0.3) is 0 Å². The molecule has 0 radical (unpaired) electrons. The maximum atomic E-state index is 12.5. The van der Waals surface area contributed by atoms with Crippen LogP contribution in [0, 0.1) is 0 Å². The van der Waals surface area contributed by atoms with Crippen molar-refractivity contribution < 1.29 is 9.53 Å². The van der Waals surface area contributed by atoms with E-state index in [0.717, 1.165) is 56.0 Å². The number of carbonyl (C=O) groups excluding carboxylic acids is 1. The van der Waals surface area contributed by atoms with Crippen molar-refractivity contribution in [3.63, 3.8) is 0 Å². The molecule has 0 atom stereocenters. The van der Waals surface area contributed by atoms with Crippen molar-refractivity contribution in [2.45, 2.75) is 25.8 Å². The topological polar surface area (TPSA) is 76.4 Å². The highest BCUT2D eigenvalue weighted by molar-refractivity contribution is 5.85. The van der Waals surface area contributed by atoms with E-state index < -0.39 is 0 Å². The maximum absolute atomic E-state index is 12.5. The molecule has 0 aromatic carbocycles. The molecule has 4 heterocycles. The minimum absolute atomic E-state index is 0.139. The second-order valence-electron chi connectivity index (χ2n) is 6.28. The lowest BCUT2D eigenvalue weighted by Gasteiger charge is -2.27. The Morgan fingerprint density at radius 1 is 1.04 bits per heavy atom. The van der Waals surface area contributed by atoms with Crippen LogP contribution in [0.3, 0.4) is 0 Å². The van der Waals surface area contributed by atoms with Gasteiger partial charge in [0.2, 0.25) is 5.91 Å². The number of fused-ring (bicyclic) bond motifs is 1. The quantitative estimate of drug-likeness (QED) is 0.823. The number of hydrogen-bond acceptors (Lipinski definition) is 6. The van der Waals surface area contributed by atoms with Crippen LogP contribution in [0.1, 0.15) is 19.3 Å². The van der Waals surface area contributed by atoms with Crippen molar-refractivity contribution in [2.75, 3.05) is 44.3 Å². The summed E-state index contributed by atoms with van der Waals surface area (Å²) in [6.07, 6.45) is 6.66. The number of amides is 1. The molecule has 0 N–H and O–H groups in total. The van der Waals surface area contributed by atoms with Crippen LogP contribution in [0.5, 0.6) is 0 Å². The summed E-state index contributed by atoms with van der Waals surface area (Å²) >= 11 is 0. The summed E-state index contributed by atoms with van der Waals surface area (Å²) in [7, 11) is 0. The molecule has 0 bridgehead atoms. The second kappa shape index (κ2) is 6.72. The van der Waals surface area contributed by atoms with E-state index in [-0.39, 0.29) is 12.5 Å². The van der Waals surface area contributed by atoms with Crippen molar-refractivity contribution in [1.82, 2.24) is 24.4 Å². The lowest BCUT2D eigenvalue weighted by molar-refractivity contribution is -0.132. The zero-order chi connectivity index (χ0) is 16.4. The van der Waals surface area contributed by atoms with Crippen molar-refractivity contribution >= 4 is 22.9 Å². The number of aromatic nitrogens is 4. The third-order valence-electron chi connectivity index (χ3n) is 4.71. The highest BCUT2D eigenvalue weighted by atomic mass is 16.5. The SMILES string of the molecule is O=C(Cn1cnc2c(N3CCOCC3)ncnc21)N1CCCCC1. The van der Waals surface area contributed by atoms with E-state index in [1.807, 2.05) is 9.47 Å². The number of morpholine rings is 1. The van der Waals surface area contributed by atoms with E-state index in [9.17, 15) is 4.79 Å². The molecule has 2 aromatic heterocycles. The van der Waals surface area contributed by atoms with Gasteiger partial charge in [-0.1, -0.05) is 0 Å². The molecule has 0 unspecified atom stereocenters. The van der Waals surface area contributed by atoms with Crippen molar-refractivity contribution in [3.8, 4) is 0 Å². The number of carbonyl (C=O) groups is 1. The number of piperidine rings is 1. The molecule has 2 fully saturated rings. The average Bonchev–Trinajstić information content (AvgIpc) is 3.06. The third-order valence-corrected chi connectivity index (χ3v) is 4.71. The zero-order valence-corrected chi connectivity index (χ0v) is 13.7. The van der Waals surface area contributed by atoms with Gasteiger partial charge in [-0.15, -0.1) is 0 Å². The number of likely N-dealkylation sites (tertiary alicyclic amines) is 1. The molecule has 8 heteroatoms. The molecule has 0 aliphatic carbocycles. The Hall–Kier alpha value is -2.22. The van der Waals surface area contributed by atoms with Gasteiger partial charge in [-0.2, -0.15) is 0 Å². The molecule has 24 heavy (non-hydrogen) atoms. The molecule has 2 aliphatic rings. The van der Waals surface area contributed by atoms with Crippen molar-refractivity contribution in [1.29, 1.82) is 0 Å². The molecular formula is C16H22N6O2. The smallest absolute Gasteiger partial charge is 0.242 e. The van der Waals surface area contributed by atoms with Crippen LogP contribution >= 0.6 is 0 Å². The number of anilines is 1. The standard InChI is InChI=1S/C16H22N6O2/c23-13(20-4-2-1-3-5-20)10-22-12-19-14-15(17-11-18-16(14)22)21-6-8-24-9-7-21/h11-12H,1-10H2. The predicted molar refractivity (Wildman–Crippen MR) is 88.8 cm³/mol. The van der Waals surface area contributed by atoms with E-state index in [1.165, 1.54) is 6.42 Å². The van der Waals surface area contributed by atoms with Gasteiger partial charge in [-0.3, -0.25) is 4.79 Å². The maximum Gasteiger partial charge on any atom is 0.242 e. The van der Waals surface area contributed by atoms with Crippen LogP contribution in [0.2, 0.25) is 0 Å². The van der Waals surface area contributed by atoms with Gasteiger partial charge in [0.15, 0.2) is 17.0 Å². The van der Waals surface area contributed by atoms with Gasteiger partial charge >= 0.3 is 0 Å². The van der Waals surface area contributed by atoms with E-state index in [4.69, 9.17) is 4.74 Å². The first-order valence-electron chi connectivity index (χ1n) is 8.59. The first-order valence-corrected chi connectivity index (χ1v) is 8.59. The van der Waals surface area contributed by atoms with Crippen LogP contribution in [0.15, 0.2) is 12.7 Å². The Bertz CT molecular complexity index is 718. The fourth-order valence-electron chi connectivity index (χ4n) is 3.38. The second-order valence-corrected chi connectivity index (χ2v) is 6.28. The summed E-state index contributed by atoms with van der Waals surface area (Å²) in [6.45, 7) is 4.99. The van der Waals surface area contributed by atoms with Gasteiger partial charge < -0.3 is 19.1 Å². The molecule has 2 aromatic rings. The Morgan fingerprint density at radius 2 is 1.83 bits per heavy atom. The van der Waals surface area contributed by atoms with E-state index >= 15 is 0 Å². The summed E-state index contributed by atoms with van der Waals surface area (Å²) in [6, 6.07) is 0. The van der Waals surface area contributed by atoms with E-state index in [0.29, 0.717) is 13.2 Å². The Balaban J connectivity index is 1.57. The molecule has 2 aliphatic heterocycles. The number of rotatable bonds is 3. The van der Waals surface area contributed by atoms with Gasteiger partial charge in [0.05, 0.1) is 19.5 Å². The first-order chi connectivity index (χ1) is 11.8. The number of nitrogens with zero attached hydrogens (tertiary/aromatic N) is 6. The molecule has 0 saturated carbocycles. The number of hydrogen-bond donors (Lipinski definition) is 0. The molecule has 0 spiro atoms. The van der Waals surface area contributed by atoms with Gasteiger partial charge in [-0.25, -0.2) is 15.0 Å². The first kappa shape index (κ1) is 15.3. The van der Waals surface area contributed by atoms with Crippen molar-refractivity contribution in [3.05, 3.63) is 12.7 Å². The minimum atomic E-state index is 0.139. The molecular weight excluding hydrogens is 308 g/mol. The summed E-state index contributed by atoms with van der Waals surface area (Å²) in [4.78, 5) is 29.8. The van der Waals surface area contributed by atoms with Crippen LogP contribution < -0.4 is 4.90 Å². The molecule has 8 nitrogen and oxygen atoms in total. The fraction of sp³-hybridized carbons (Fsp3) is 0.625. The van der Waals surface area contributed by atoms with Crippen LogP contribution in [-0.4, -0.2) is 69.7 Å². The lowest BCUT2D eigenvalue weighted by atomic mass is 10.1. The Morgan fingerprint density at radius 3 is 2.62 bits per heavy atom. The van der Waals surface area contributed by atoms with Crippen LogP contribution in [0.4, 0.5) is 5.82 Å². The number of imidazole rings is 1. The van der Waals surface area contributed by atoms with Gasteiger partial charge in [-0.05, 0) is 19.3 Å². The normalized spacial score (nSPS) is 19.0. The number of ether oxygens (including phenoxy) is 1. The molecule has 128 valence electrons. The summed E-state index contributed by atoms with van der Waals surface area (Å²) in [5, 5.41) is 0. The highest BCUT2D eigenvalue weighted by Crippen LogP contribution is 2.22. The van der Waals surface area contributed by atoms with E-state index in [1.54, 1.807) is 12.7 Å².